The highest BCUT2D eigenvalue weighted by molar-refractivity contribution is 5.88. The number of benzene rings is 3. The number of likely N-dealkylation sites (tertiary alicyclic amines) is 2. The highest BCUT2D eigenvalue weighted by atomic mass is 16.5. The number of methoxy groups -OCH3 is 2. The van der Waals surface area contributed by atoms with Gasteiger partial charge >= 0.3 is 12.2 Å². The average molecular weight is 935 g/mol. The Labute approximate surface area is 402 Å². The van der Waals surface area contributed by atoms with Gasteiger partial charge in [-0.3, -0.25) is 9.59 Å². The van der Waals surface area contributed by atoms with Crippen LogP contribution in [0.3, 0.4) is 0 Å². The number of hydrogen-bond donors (Lipinski definition) is 4. The molecular formula is C54H62N8O7. The second-order valence-electron chi connectivity index (χ2n) is 20.3. The molecule has 2 saturated carbocycles. The molecule has 3 saturated heterocycles. The molecule has 6 aliphatic rings. The Hall–Kier alpha value is -6.48. The highest BCUT2D eigenvalue weighted by Gasteiger charge is 2.57. The monoisotopic (exact) mass is 934 g/mol. The summed E-state index contributed by atoms with van der Waals surface area (Å²) in [6.07, 6.45) is 9.74. The number of ether oxygens (including phenoxy) is 3. The second-order valence-corrected chi connectivity index (χ2v) is 20.3. The number of amides is 4. The summed E-state index contributed by atoms with van der Waals surface area (Å²) in [5.41, 5.74) is 11.0. The molecule has 4 N–H and O–H groups in total. The van der Waals surface area contributed by atoms with E-state index >= 15 is 0 Å². The molecule has 0 spiro atoms. The molecule has 5 aromatic rings. The lowest BCUT2D eigenvalue weighted by Crippen LogP contribution is -2.52. The van der Waals surface area contributed by atoms with Crippen LogP contribution in [-0.4, -0.2) is 92.1 Å². The summed E-state index contributed by atoms with van der Waals surface area (Å²) in [6, 6.07) is 20.3. The number of hydrogen-bond acceptors (Lipinski definition) is 9. The number of alkyl carbamates (subject to hydrolysis) is 2. The van der Waals surface area contributed by atoms with E-state index < -0.39 is 24.3 Å². The Morgan fingerprint density at radius 1 is 0.623 bits per heavy atom. The van der Waals surface area contributed by atoms with Crippen molar-refractivity contribution in [1.29, 1.82) is 0 Å². The van der Waals surface area contributed by atoms with Gasteiger partial charge in [0.25, 0.3) is 0 Å². The van der Waals surface area contributed by atoms with Gasteiger partial charge in [0.1, 0.15) is 23.7 Å². The fourth-order valence-electron chi connectivity index (χ4n) is 12.0. The number of nitrogens with one attached hydrogen (secondary N) is 4. The number of aromatic amines is 2. The Morgan fingerprint density at radius 2 is 1.01 bits per heavy atom. The minimum Gasteiger partial charge on any atom is -0.453 e. The topological polar surface area (TPSA) is 184 Å². The van der Waals surface area contributed by atoms with Crippen molar-refractivity contribution < 1.29 is 33.4 Å². The van der Waals surface area contributed by atoms with Crippen LogP contribution < -0.4 is 10.6 Å². The Morgan fingerprint density at radius 3 is 1.39 bits per heavy atom. The molecule has 4 aliphatic heterocycles. The summed E-state index contributed by atoms with van der Waals surface area (Å²) in [5, 5.41) is 5.62. The summed E-state index contributed by atoms with van der Waals surface area (Å²) in [6.45, 7) is 8.01. The summed E-state index contributed by atoms with van der Waals surface area (Å²) < 4.78 is 16.4. The Kier molecular flexibility index (Phi) is 11.6. The van der Waals surface area contributed by atoms with Crippen LogP contribution in [0.15, 0.2) is 73.1 Å². The van der Waals surface area contributed by atoms with Crippen molar-refractivity contribution in [3.8, 4) is 44.8 Å². The number of aromatic nitrogens is 4. The lowest BCUT2D eigenvalue weighted by molar-refractivity contribution is -0.137. The van der Waals surface area contributed by atoms with E-state index in [0.29, 0.717) is 11.8 Å². The number of rotatable bonds is 14. The number of carbonyl (C=O) groups excluding carboxylic acids is 4. The van der Waals surface area contributed by atoms with E-state index in [1.807, 2.05) is 49.9 Å². The van der Waals surface area contributed by atoms with Gasteiger partial charge in [0.15, 0.2) is 0 Å². The van der Waals surface area contributed by atoms with Crippen LogP contribution in [0, 0.1) is 23.7 Å². The first kappa shape index (κ1) is 45.0. The molecule has 8 unspecified atom stereocenters. The zero-order valence-electron chi connectivity index (χ0n) is 40.2. The first-order chi connectivity index (χ1) is 33.5. The third-order valence-corrected chi connectivity index (χ3v) is 16.4. The van der Waals surface area contributed by atoms with E-state index in [1.165, 1.54) is 36.5 Å². The van der Waals surface area contributed by atoms with Crippen molar-refractivity contribution in [3.63, 3.8) is 0 Å². The number of imidazole rings is 2. The third-order valence-electron chi connectivity index (χ3n) is 16.4. The lowest BCUT2D eigenvalue weighted by atomic mass is 9.81. The normalized spacial score (nSPS) is 26.3. The molecule has 3 aromatic carbocycles. The molecule has 6 heterocycles. The van der Waals surface area contributed by atoms with Crippen LogP contribution in [-0.2, 0) is 23.8 Å². The maximum Gasteiger partial charge on any atom is 0.407 e. The van der Waals surface area contributed by atoms with Gasteiger partial charge in [-0.1, -0.05) is 101 Å². The fraction of sp³-hybridized carbons (Fsp3) is 0.481. The molecule has 360 valence electrons. The second kappa shape index (κ2) is 17.8. The largest absolute Gasteiger partial charge is 0.453 e. The van der Waals surface area contributed by atoms with Crippen molar-refractivity contribution in [2.24, 2.45) is 23.7 Å². The molecule has 11 rings (SSSR count). The quantitative estimate of drug-likeness (QED) is 0.0842. The van der Waals surface area contributed by atoms with Crippen molar-refractivity contribution in [2.75, 3.05) is 14.2 Å². The van der Waals surface area contributed by atoms with Crippen LogP contribution in [0.4, 0.5) is 9.59 Å². The number of H-pyrrole nitrogens is 2. The van der Waals surface area contributed by atoms with Crippen LogP contribution in [0.5, 0.6) is 0 Å². The molecule has 2 aromatic heterocycles. The summed E-state index contributed by atoms with van der Waals surface area (Å²) >= 11 is 0. The van der Waals surface area contributed by atoms with Crippen molar-refractivity contribution in [3.05, 3.63) is 95.8 Å². The molecule has 2 bridgehead atoms. The van der Waals surface area contributed by atoms with Gasteiger partial charge < -0.3 is 44.6 Å². The number of fused-ring (bicyclic) bond motifs is 7. The average Bonchev–Trinajstić information content (AvgIpc) is 3.82. The predicted octanol–water partition coefficient (Wildman–Crippen LogP) is 9.57. The summed E-state index contributed by atoms with van der Waals surface area (Å²) in [5.74, 6) is 2.16. The van der Waals surface area contributed by atoms with E-state index in [2.05, 4.69) is 81.3 Å². The van der Waals surface area contributed by atoms with E-state index in [9.17, 15) is 19.2 Å². The molecule has 4 amide bonds. The minimum atomic E-state index is -0.667. The van der Waals surface area contributed by atoms with Gasteiger partial charge in [-0.25, -0.2) is 19.6 Å². The zero-order chi connectivity index (χ0) is 47.8. The smallest absolute Gasteiger partial charge is 0.407 e. The van der Waals surface area contributed by atoms with Crippen LogP contribution in [0.25, 0.3) is 44.8 Å². The molecule has 2 aliphatic carbocycles. The SMILES string of the molecule is CCC(C)[C@H](NC(=O)OC)C(=O)N1C2CC2C[C@H]1c1ncc(-c2ccc(-c3ccc(-c4ccc(-c5cnc([C@@H]6CC7CC7N6C(=O)[C@@H](NC(=O)OC)C(C)CC)[nH]5)cc4)c4c3C3CCC4O3)cc2)[nH]1. The van der Waals surface area contributed by atoms with Gasteiger partial charge in [0, 0.05) is 12.1 Å². The van der Waals surface area contributed by atoms with Gasteiger partial charge in [-0.15, -0.1) is 0 Å². The van der Waals surface area contributed by atoms with Crippen molar-refractivity contribution in [2.45, 2.75) is 128 Å². The zero-order valence-corrected chi connectivity index (χ0v) is 40.2. The number of nitrogens with zero attached hydrogens (tertiary/aromatic N) is 4. The van der Waals surface area contributed by atoms with E-state index in [4.69, 9.17) is 24.2 Å². The number of carbonyl (C=O) groups is 4. The molecule has 15 nitrogen and oxygen atoms in total. The lowest BCUT2D eigenvalue weighted by Gasteiger charge is -2.32. The van der Waals surface area contributed by atoms with Crippen molar-refractivity contribution in [1.82, 2.24) is 40.4 Å². The molecule has 69 heavy (non-hydrogen) atoms. The maximum atomic E-state index is 14.1. The Balaban J connectivity index is 0.803. The van der Waals surface area contributed by atoms with E-state index in [-0.39, 0.29) is 60.0 Å². The first-order valence-corrected chi connectivity index (χ1v) is 24.9. The minimum absolute atomic E-state index is 0.0493. The van der Waals surface area contributed by atoms with Gasteiger partial charge in [-0.05, 0) is 107 Å². The van der Waals surface area contributed by atoms with Crippen LogP contribution in [0.2, 0.25) is 0 Å². The number of piperidine rings is 2. The van der Waals surface area contributed by atoms with Crippen molar-refractivity contribution >= 4 is 24.0 Å². The van der Waals surface area contributed by atoms with Crippen LogP contribution in [0.1, 0.15) is 126 Å². The fourth-order valence-corrected chi connectivity index (χ4v) is 12.0. The van der Waals surface area contributed by atoms with Gasteiger partial charge in [0.2, 0.25) is 11.8 Å². The van der Waals surface area contributed by atoms with Gasteiger partial charge in [-0.2, -0.15) is 0 Å². The molecule has 12 atom stereocenters. The summed E-state index contributed by atoms with van der Waals surface area (Å²) in [7, 11) is 2.64. The highest BCUT2D eigenvalue weighted by Crippen LogP contribution is 2.57. The van der Waals surface area contributed by atoms with Crippen LogP contribution >= 0.6 is 0 Å². The van der Waals surface area contributed by atoms with E-state index in [1.54, 1.807) is 0 Å². The molecule has 5 fully saturated rings. The third kappa shape index (κ3) is 7.96. The molecular weight excluding hydrogens is 873 g/mol. The predicted molar refractivity (Wildman–Crippen MR) is 258 cm³/mol. The standard InChI is InChI=1S/C54H62N8O7/c1-7-27(3)47(59-53(65)67-5)51(63)61-39-21-33(39)23-41(61)49-55-25-37(57-49)31-13-9-29(10-14-31)35-17-18-36(46-44-20-19-43(69-44)45(35)46)30-11-15-32(16-12-30)38-26-56-50(58-38)42-24-34-22-40(34)62(42)52(64)48(28(4)8-2)60-54(66)68-6/h9-18,25-28,33-34,39-44,47-48H,7-8,19-24H2,1-6H3,(H,55,57)(H,56,58)(H,59,65)(H,60,66)/t27?,28?,33?,34?,39?,40?,41-,42-,43?,44?,47-,48-/m0/s1. The maximum absolute atomic E-state index is 14.1. The Bertz CT molecular complexity index is 2600. The molecule has 15 heteroatoms. The van der Waals surface area contributed by atoms with E-state index in [0.717, 1.165) is 96.7 Å². The summed E-state index contributed by atoms with van der Waals surface area (Å²) in [4.78, 5) is 73.4. The molecule has 0 radical (unpaired) electrons. The van der Waals surface area contributed by atoms with Gasteiger partial charge in [0.05, 0.1) is 62.3 Å². The first-order valence-electron chi connectivity index (χ1n) is 24.9.